The first-order chi connectivity index (χ1) is 13.0. The number of hydrogen-bond donors (Lipinski definition) is 3. The predicted octanol–water partition coefficient (Wildman–Crippen LogP) is 2.40. The van der Waals surface area contributed by atoms with Crippen LogP contribution in [0.4, 0.5) is 11.5 Å². The van der Waals surface area contributed by atoms with Crippen molar-refractivity contribution in [1.29, 1.82) is 0 Å². The summed E-state index contributed by atoms with van der Waals surface area (Å²) in [5.74, 6) is -1.06. The summed E-state index contributed by atoms with van der Waals surface area (Å²) in [6.07, 6.45) is 6.97. The molecule has 0 saturated heterocycles. The average Bonchev–Trinajstić information content (AvgIpc) is 3.45. The molecule has 0 atom stereocenters. The van der Waals surface area contributed by atoms with Crippen molar-refractivity contribution >= 4 is 34.1 Å². The van der Waals surface area contributed by atoms with Crippen LogP contribution in [-0.4, -0.2) is 27.8 Å². The zero-order valence-electron chi connectivity index (χ0n) is 14.8. The van der Waals surface area contributed by atoms with Crippen molar-refractivity contribution in [2.24, 2.45) is 0 Å². The summed E-state index contributed by atoms with van der Waals surface area (Å²) in [5, 5.41) is 6.79. The number of rotatable bonds is 3. The number of amides is 2. The molecular formula is C20H19N5O2. The molecule has 2 aromatic heterocycles. The van der Waals surface area contributed by atoms with Crippen molar-refractivity contribution in [3.63, 3.8) is 0 Å². The van der Waals surface area contributed by atoms with Gasteiger partial charge in [0, 0.05) is 41.3 Å². The van der Waals surface area contributed by atoms with Crippen LogP contribution in [0, 0.1) is 6.92 Å². The average molecular weight is 361 g/mol. The van der Waals surface area contributed by atoms with E-state index in [0.29, 0.717) is 11.5 Å². The number of fused-ring (bicyclic) bond motifs is 1. The molecule has 4 rings (SSSR count). The molecular weight excluding hydrogens is 342 g/mol. The van der Waals surface area contributed by atoms with E-state index in [1.165, 1.54) is 0 Å². The second-order valence-electron chi connectivity index (χ2n) is 6.75. The lowest BCUT2D eigenvalue weighted by Crippen LogP contribution is -2.36. The highest BCUT2D eigenvalue weighted by Crippen LogP contribution is 2.31. The highest BCUT2D eigenvalue weighted by molar-refractivity contribution is 6.39. The van der Waals surface area contributed by atoms with Crippen LogP contribution in [0.5, 0.6) is 0 Å². The lowest BCUT2D eigenvalue weighted by Gasteiger charge is -2.11. The molecule has 0 spiro atoms. The van der Waals surface area contributed by atoms with E-state index < -0.39 is 11.8 Å². The monoisotopic (exact) mass is 361 g/mol. The summed E-state index contributed by atoms with van der Waals surface area (Å²) in [7, 11) is 0. The molecule has 27 heavy (non-hydrogen) atoms. The third kappa shape index (κ3) is 3.57. The quantitative estimate of drug-likeness (QED) is 0.490. The number of nitrogen functional groups attached to an aromatic ring is 1. The van der Waals surface area contributed by atoms with Gasteiger partial charge in [0.2, 0.25) is 0 Å². The Morgan fingerprint density at radius 1 is 1.15 bits per heavy atom. The largest absolute Gasteiger partial charge is 0.398 e. The number of pyridine rings is 2. The Morgan fingerprint density at radius 2 is 1.96 bits per heavy atom. The van der Waals surface area contributed by atoms with E-state index in [2.05, 4.69) is 20.6 Å². The number of carbonyl (C=O) groups excluding carboxylic acids is 2. The van der Waals surface area contributed by atoms with Crippen molar-refractivity contribution in [3.8, 4) is 11.1 Å². The van der Waals surface area contributed by atoms with Gasteiger partial charge in [-0.1, -0.05) is 0 Å². The van der Waals surface area contributed by atoms with E-state index >= 15 is 0 Å². The molecule has 4 N–H and O–H groups in total. The fourth-order valence-corrected chi connectivity index (χ4v) is 2.93. The number of anilines is 2. The number of carbonyl (C=O) groups is 2. The lowest BCUT2D eigenvalue weighted by molar-refractivity contribution is -0.136. The summed E-state index contributed by atoms with van der Waals surface area (Å²) in [4.78, 5) is 32.2. The Bertz CT molecular complexity index is 1060. The normalized spacial score (nSPS) is 13.4. The molecule has 1 saturated carbocycles. The van der Waals surface area contributed by atoms with Crippen LogP contribution in [0.1, 0.15) is 18.4 Å². The van der Waals surface area contributed by atoms with Crippen LogP contribution >= 0.6 is 0 Å². The SMILES string of the molecule is Cc1ccncc1-c1cc(N)c2cnc(NC(=O)C(=O)NC3CC3)cc2c1. The number of aromatic nitrogens is 2. The molecule has 7 nitrogen and oxygen atoms in total. The van der Waals surface area contributed by atoms with E-state index in [-0.39, 0.29) is 6.04 Å². The molecule has 1 aliphatic rings. The number of aryl methyl sites for hydroxylation is 1. The fourth-order valence-electron chi connectivity index (χ4n) is 2.93. The highest BCUT2D eigenvalue weighted by Gasteiger charge is 2.26. The zero-order valence-corrected chi connectivity index (χ0v) is 14.8. The molecule has 0 bridgehead atoms. The minimum Gasteiger partial charge on any atom is -0.398 e. The van der Waals surface area contributed by atoms with E-state index in [4.69, 9.17) is 5.73 Å². The van der Waals surface area contributed by atoms with Gasteiger partial charge in [0.15, 0.2) is 0 Å². The van der Waals surface area contributed by atoms with Crippen LogP contribution in [0.25, 0.3) is 21.9 Å². The van der Waals surface area contributed by atoms with Crippen LogP contribution < -0.4 is 16.4 Å². The summed E-state index contributed by atoms with van der Waals surface area (Å²) >= 11 is 0. The summed E-state index contributed by atoms with van der Waals surface area (Å²) in [6, 6.07) is 7.63. The molecule has 1 aromatic carbocycles. The topological polar surface area (TPSA) is 110 Å². The first kappa shape index (κ1) is 17.0. The maximum Gasteiger partial charge on any atom is 0.314 e. The summed E-state index contributed by atoms with van der Waals surface area (Å²) in [6.45, 7) is 2.01. The predicted molar refractivity (Wildman–Crippen MR) is 104 cm³/mol. The molecule has 7 heteroatoms. The number of nitrogens with zero attached hydrogens (tertiary/aromatic N) is 2. The van der Waals surface area contributed by atoms with Gasteiger partial charge in [-0.15, -0.1) is 0 Å². The van der Waals surface area contributed by atoms with Gasteiger partial charge >= 0.3 is 11.8 Å². The fraction of sp³-hybridized carbons (Fsp3) is 0.200. The molecule has 3 aromatic rings. The van der Waals surface area contributed by atoms with Gasteiger partial charge in [-0.3, -0.25) is 14.6 Å². The number of hydrogen-bond acceptors (Lipinski definition) is 5. The van der Waals surface area contributed by atoms with Gasteiger partial charge in [0.05, 0.1) is 0 Å². The summed E-state index contributed by atoms with van der Waals surface area (Å²) < 4.78 is 0. The zero-order chi connectivity index (χ0) is 19.0. The van der Waals surface area contributed by atoms with Crippen LogP contribution in [0.3, 0.4) is 0 Å². The molecule has 2 amide bonds. The van der Waals surface area contributed by atoms with E-state index in [1.807, 2.05) is 25.1 Å². The number of nitrogens with one attached hydrogen (secondary N) is 2. The molecule has 0 unspecified atom stereocenters. The number of nitrogens with two attached hydrogens (primary N) is 1. The maximum absolute atomic E-state index is 12.0. The highest BCUT2D eigenvalue weighted by atomic mass is 16.2. The van der Waals surface area contributed by atoms with Gasteiger partial charge in [-0.05, 0) is 60.5 Å². The Hall–Kier alpha value is -3.48. The standard InChI is InChI=1S/C20H19N5O2/c1-11-4-5-22-9-15(11)12-6-13-8-18(23-10-16(13)17(21)7-12)25-20(27)19(26)24-14-2-3-14/h4-10,14H,2-3,21H2,1H3,(H,24,26)(H,23,25,27). The van der Waals surface area contributed by atoms with Crippen molar-refractivity contribution in [1.82, 2.24) is 15.3 Å². The Balaban J connectivity index is 1.65. The molecule has 0 radical (unpaired) electrons. The molecule has 1 fully saturated rings. The molecule has 1 aliphatic carbocycles. The Kier molecular flexibility index (Phi) is 4.19. The van der Waals surface area contributed by atoms with Crippen molar-refractivity contribution in [2.75, 3.05) is 11.1 Å². The van der Waals surface area contributed by atoms with Gasteiger partial charge in [-0.25, -0.2) is 4.98 Å². The van der Waals surface area contributed by atoms with E-state index in [9.17, 15) is 9.59 Å². The summed E-state index contributed by atoms with van der Waals surface area (Å²) in [5.41, 5.74) is 9.78. The van der Waals surface area contributed by atoms with Crippen molar-refractivity contribution < 1.29 is 9.59 Å². The van der Waals surface area contributed by atoms with Crippen LogP contribution in [0.15, 0.2) is 42.9 Å². The minimum absolute atomic E-state index is 0.123. The molecule has 0 aliphatic heterocycles. The number of benzene rings is 1. The van der Waals surface area contributed by atoms with Crippen LogP contribution in [-0.2, 0) is 9.59 Å². The molecule has 2 heterocycles. The Labute approximate surface area is 156 Å². The van der Waals surface area contributed by atoms with Gasteiger partial charge in [0.1, 0.15) is 5.82 Å². The van der Waals surface area contributed by atoms with E-state index in [0.717, 1.165) is 40.3 Å². The van der Waals surface area contributed by atoms with E-state index in [1.54, 1.807) is 24.7 Å². The lowest BCUT2D eigenvalue weighted by atomic mass is 9.99. The first-order valence-electron chi connectivity index (χ1n) is 8.73. The maximum atomic E-state index is 12.0. The van der Waals surface area contributed by atoms with Crippen molar-refractivity contribution in [3.05, 3.63) is 48.4 Å². The first-order valence-corrected chi connectivity index (χ1v) is 8.73. The second kappa shape index (κ2) is 6.68. The van der Waals surface area contributed by atoms with Crippen molar-refractivity contribution in [2.45, 2.75) is 25.8 Å². The minimum atomic E-state index is -0.721. The van der Waals surface area contributed by atoms with Gasteiger partial charge < -0.3 is 16.4 Å². The Morgan fingerprint density at radius 3 is 2.70 bits per heavy atom. The molecule has 136 valence electrons. The van der Waals surface area contributed by atoms with Gasteiger partial charge in [0.25, 0.3) is 0 Å². The van der Waals surface area contributed by atoms with Crippen LogP contribution in [0.2, 0.25) is 0 Å². The second-order valence-corrected chi connectivity index (χ2v) is 6.75. The third-order valence-corrected chi connectivity index (χ3v) is 4.58. The van der Waals surface area contributed by atoms with Gasteiger partial charge in [-0.2, -0.15) is 0 Å². The smallest absolute Gasteiger partial charge is 0.314 e. The third-order valence-electron chi connectivity index (χ3n) is 4.58.